The summed E-state index contributed by atoms with van der Waals surface area (Å²) < 4.78 is 50.7. The van der Waals surface area contributed by atoms with E-state index < -0.39 is 17.7 Å². The fourth-order valence-electron chi connectivity index (χ4n) is 1.97. The van der Waals surface area contributed by atoms with Gasteiger partial charge in [-0.15, -0.1) is 0 Å². The Labute approximate surface area is 150 Å². The van der Waals surface area contributed by atoms with E-state index in [9.17, 15) is 17.6 Å². The van der Waals surface area contributed by atoms with Gasteiger partial charge in [0.2, 0.25) is 5.95 Å². The van der Waals surface area contributed by atoms with Gasteiger partial charge in [-0.25, -0.2) is 14.4 Å². The zero-order chi connectivity index (χ0) is 18.7. The minimum atomic E-state index is -4.50. The van der Waals surface area contributed by atoms with Gasteiger partial charge >= 0.3 is 6.18 Å². The van der Waals surface area contributed by atoms with Crippen LogP contribution in [-0.4, -0.2) is 15.0 Å². The van der Waals surface area contributed by atoms with E-state index in [0.29, 0.717) is 17.2 Å². The Balaban J connectivity index is 1.73. The number of pyridine rings is 1. The van der Waals surface area contributed by atoms with Gasteiger partial charge in [0.05, 0.1) is 16.9 Å². The fraction of sp³-hybridized carbons (Fsp3) is 0.0625. The molecule has 0 amide bonds. The summed E-state index contributed by atoms with van der Waals surface area (Å²) in [7, 11) is 0. The number of anilines is 4. The number of aromatic nitrogens is 3. The Morgan fingerprint density at radius 3 is 2.35 bits per heavy atom. The van der Waals surface area contributed by atoms with Crippen LogP contribution in [0.25, 0.3) is 0 Å². The summed E-state index contributed by atoms with van der Waals surface area (Å²) in [4.78, 5) is 11.5. The monoisotopic (exact) mass is 383 g/mol. The van der Waals surface area contributed by atoms with Crippen LogP contribution in [-0.2, 0) is 6.18 Å². The average Bonchev–Trinajstić information content (AvgIpc) is 2.58. The maximum Gasteiger partial charge on any atom is 0.433 e. The van der Waals surface area contributed by atoms with Crippen molar-refractivity contribution in [1.82, 2.24) is 15.0 Å². The van der Waals surface area contributed by atoms with Crippen LogP contribution in [0.1, 0.15) is 5.69 Å². The minimum Gasteiger partial charge on any atom is -0.340 e. The zero-order valence-electron chi connectivity index (χ0n) is 12.9. The maximum absolute atomic E-state index is 13.2. The number of hydrogen-bond acceptors (Lipinski definition) is 5. The lowest BCUT2D eigenvalue weighted by atomic mass is 10.3. The van der Waals surface area contributed by atoms with Crippen molar-refractivity contribution in [2.45, 2.75) is 6.18 Å². The van der Waals surface area contributed by atoms with Crippen LogP contribution in [0.4, 0.5) is 40.7 Å². The van der Waals surface area contributed by atoms with Gasteiger partial charge in [0.1, 0.15) is 17.3 Å². The Hall–Kier alpha value is -2.94. The van der Waals surface area contributed by atoms with Crippen molar-refractivity contribution in [2.75, 3.05) is 10.6 Å². The summed E-state index contributed by atoms with van der Waals surface area (Å²) in [6.07, 6.45) is -2.03. The smallest absolute Gasteiger partial charge is 0.340 e. The van der Waals surface area contributed by atoms with Gasteiger partial charge in [-0.3, -0.25) is 0 Å². The zero-order valence-corrected chi connectivity index (χ0v) is 13.6. The number of alkyl halides is 3. The van der Waals surface area contributed by atoms with E-state index in [1.165, 1.54) is 30.5 Å². The van der Waals surface area contributed by atoms with Gasteiger partial charge in [-0.05, 0) is 36.4 Å². The second-order valence-corrected chi connectivity index (χ2v) is 5.48. The predicted octanol–water partition coefficient (Wildman–Crippen LogP) is 5.17. The van der Waals surface area contributed by atoms with Gasteiger partial charge in [-0.2, -0.15) is 18.2 Å². The third-order valence-electron chi connectivity index (χ3n) is 3.16. The van der Waals surface area contributed by atoms with Crippen molar-refractivity contribution >= 4 is 34.7 Å². The van der Waals surface area contributed by atoms with Crippen LogP contribution in [0, 0.1) is 5.82 Å². The highest BCUT2D eigenvalue weighted by Crippen LogP contribution is 2.28. The molecular weight excluding hydrogens is 374 g/mol. The van der Waals surface area contributed by atoms with E-state index in [1.54, 1.807) is 6.07 Å². The highest BCUT2D eigenvalue weighted by atomic mass is 35.5. The molecule has 0 saturated heterocycles. The standard InChI is InChI=1S/C16H10ClF4N5/c17-11-7-9(1-3-12(11)18)24-14-5-6-22-15(26-14)25-10-2-4-13(23-8-10)16(19,20)21/h1-8H,(H2,22,24,25,26). The molecule has 10 heteroatoms. The quantitative estimate of drug-likeness (QED) is 0.608. The molecule has 0 saturated carbocycles. The van der Waals surface area contributed by atoms with Gasteiger partial charge in [-0.1, -0.05) is 11.6 Å². The molecule has 0 aliphatic rings. The summed E-state index contributed by atoms with van der Waals surface area (Å²) in [6.45, 7) is 0. The maximum atomic E-state index is 13.2. The molecule has 0 bridgehead atoms. The predicted molar refractivity (Wildman–Crippen MR) is 89.2 cm³/mol. The first-order chi connectivity index (χ1) is 12.3. The summed E-state index contributed by atoms with van der Waals surface area (Å²) in [5, 5.41) is 5.63. The topological polar surface area (TPSA) is 62.7 Å². The van der Waals surface area contributed by atoms with Crippen molar-refractivity contribution in [1.29, 1.82) is 0 Å². The van der Waals surface area contributed by atoms with Crippen LogP contribution in [0.3, 0.4) is 0 Å². The number of benzene rings is 1. The number of nitrogens with zero attached hydrogens (tertiary/aromatic N) is 3. The normalized spacial score (nSPS) is 11.3. The molecule has 134 valence electrons. The number of nitrogens with one attached hydrogen (secondary N) is 2. The molecule has 3 aromatic rings. The van der Waals surface area contributed by atoms with Crippen molar-refractivity contribution in [2.24, 2.45) is 0 Å². The first kappa shape index (κ1) is 17.9. The Bertz CT molecular complexity index is 915. The van der Waals surface area contributed by atoms with Crippen molar-refractivity contribution in [3.8, 4) is 0 Å². The van der Waals surface area contributed by atoms with Crippen molar-refractivity contribution in [3.63, 3.8) is 0 Å². The Morgan fingerprint density at radius 2 is 1.69 bits per heavy atom. The Morgan fingerprint density at radius 1 is 0.923 bits per heavy atom. The van der Waals surface area contributed by atoms with Crippen LogP contribution in [0.15, 0.2) is 48.8 Å². The lowest BCUT2D eigenvalue weighted by molar-refractivity contribution is -0.141. The average molecular weight is 384 g/mol. The van der Waals surface area contributed by atoms with Gasteiger partial charge in [0, 0.05) is 11.9 Å². The Kier molecular flexibility index (Phi) is 4.90. The van der Waals surface area contributed by atoms with Crippen LogP contribution < -0.4 is 10.6 Å². The molecule has 5 nitrogen and oxygen atoms in total. The number of rotatable bonds is 4. The van der Waals surface area contributed by atoms with E-state index in [2.05, 4.69) is 25.6 Å². The molecule has 26 heavy (non-hydrogen) atoms. The van der Waals surface area contributed by atoms with Gasteiger partial charge in [0.15, 0.2) is 0 Å². The van der Waals surface area contributed by atoms with E-state index >= 15 is 0 Å². The molecule has 2 aromatic heterocycles. The van der Waals surface area contributed by atoms with E-state index in [-0.39, 0.29) is 11.0 Å². The van der Waals surface area contributed by atoms with Crippen molar-refractivity contribution < 1.29 is 17.6 Å². The second-order valence-electron chi connectivity index (χ2n) is 5.07. The summed E-state index contributed by atoms with van der Waals surface area (Å²) >= 11 is 5.72. The molecule has 0 aliphatic carbocycles. The number of halogens is 5. The first-order valence-electron chi connectivity index (χ1n) is 7.17. The van der Waals surface area contributed by atoms with E-state index in [4.69, 9.17) is 11.6 Å². The molecule has 0 atom stereocenters. The lowest BCUT2D eigenvalue weighted by Gasteiger charge is -2.10. The number of hydrogen-bond donors (Lipinski definition) is 2. The summed E-state index contributed by atoms with van der Waals surface area (Å²) in [6, 6.07) is 7.72. The van der Waals surface area contributed by atoms with E-state index in [1.807, 2.05) is 0 Å². The van der Waals surface area contributed by atoms with Gasteiger partial charge < -0.3 is 10.6 Å². The van der Waals surface area contributed by atoms with Crippen LogP contribution >= 0.6 is 11.6 Å². The molecule has 0 spiro atoms. The highest BCUT2D eigenvalue weighted by Gasteiger charge is 2.32. The lowest BCUT2D eigenvalue weighted by Crippen LogP contribution is -2.08. The third-order valence-corrected chi connectivity index (χ3v) is 3.45. The second kappa shape index (κ2) is 7.12. The van der Waals surface area contributed by atoms with E-state index in [0.717, 1.165) is 12.3 Å². The third kappa shape index (κ3) is 4.37. The molecule has 2 N–H and O–H groups in total. The molecule has 0 fully saturated rings. The molecule has 0 unspecified atom stereocenters. The molecule has 0 aliphatic heterocycles. The largest absolute Gasteiger partial charge is 0.433 e. The highest BCUT2D eigenvalue weighted by molar-refractivity contribution is 6.31. The van der Waals surface area contributed by atoms with Crippen molar-refractivity contribution in [3.05, 3.63) is 65.3 Å². The molecular formula is C16H10ClF4N5. The fourth-order valence-corrected chi connectivity index (χ4v) is 2.16. The van der Waals surface area contributed by atoms with Crippen LogP contribution in [0.5, 0.6) is 0 Å². The molecule has 1 aromatic carbocycles. The minimum absolute atomic E-state index is 0.0433. The summed E-state index contributed by atoms with van der Waals surface area (Å²) in [5.74, 6) is -0.0214. The molecule has 2 heterocycles. The summed E-state index contributed by atoms with van der Waals surface area (Å²) in [5.41, 5.74) is -0.190. The molecule has 3 rings (SSSR count). The molecule has 0 radical (unpaired) electrons. The van der Waals surface area contributed by atoms with Gasteiger partial charge in [0.25, 0.3) is 0 Å². The first-order valence-corrected chi connectivity index (χ1v) is 7.54. The SMILES string of the molecule is Fc1ccc(Nc2ccnc(Nc3ccc(C(F)(F)F)nc3)n2)cc1Cl. The van der Waals surface area contributed by atoms with Crippen LogP contribution in [0.2, 0.25) is 5.02 Å².